The Bertz CT molecular complexity index is 812. The van der Waals surface area contributed by atoms with Gasteiger partial charge in [-0.1, -0.05) is 60.2 Å². The maximum absolute atomic E-state index is 12.9. The van der Waals surface area contributed by atoms with Gasteiger partial charge in [-0.05, 0) is 36.8 Å². The van der Waals surface area contributed by atoms with Crippen LogP contribution in [0.15, 0.2) is 54.6 Å². The van der Waals surface area contributed by atoms with Crippen molar-refractivity contribution in [2.75, 3.05) is 6.54 Å². The molecule has 0 bridgehead atoms. The number of amides is 2. The van der Waals surface area contributed by atoms with Crippen molar-refractivity contribution in [2.24, 2.45) is 11.8 Å². The number of aryl methyl sites for hydroxylation is 1. The lowest BCUT2D eigenvalue weighted by Gasteiger charge is -2.21. The van der Waals surface area contributed by atoms with Crippen LogP contribution in [0.2, 0.25) is 0 Å². The molecule has 1 N–H and O–H groups in total. The lowest BCUT2D eigenvalue weighted by molar-refractivity contribution is -0.129. The van der Waals surface area contributed by atoms with E-state index in [9.17, 15) is 9.59 Å². The summed E-state index contributed by atoms with van der Waals surface area (Å²) in [4.78, 5) is 27.1. The van der Waals surface area contributed by atoms with Gasteiger partial charge in [0.05, 0.1) is 12.0 Å². The van der Waals surface area contributed by atoms with E-state index < -0.39 is 0 Å². The summed E-state index contributed by atoms with van der Waals surface area (Å²) in [6.45, 7) is 3.13. The fourth-order valence-corrected chi connectivity index (χ4v) is 3.85. The molecule has 2 amide bonds. The van der Waals surface area contributed by atoms with Crippen molar-refractivity contribution in [3.63, 3.8) is 0 Å². The van der Waals surface area contributed by atoms with Crippen LogP contribution in [0.1, 0.15) is 42.0 Å². The predicted octanol–water partition coefficient (Wildman–Crippen LogP) is 3.61. The first-order valence-corrected chi connectivity index (χ1v) is 9.79. The Hall–Kier alpha value is -2.62. The van der Waals surface area contributed by atoms with Gasteiger partial charge in [0, 0.05) is 19.5 Å². The van der Waals surface area contributed by atoms with E-state index in [1.807, 2.05) is 30.0 Å². The molecule has 27 heavy (non-hydrogen) atoms. The second kappa shape index (κ2) is 7.55. The average molecular weight is 362 g/mol. The van der Waals surface area contributed by atoms with Crippen LogP contribution in [0.25, 0.3) is 0 Å². The van der Waals surface area contributed by atoms with Crippen LogP contribution >= 0.6 is 0 Å². The van der Waals surface area contributed by atoms with Crippen molar-refractivity contribution < 1.29 is 9.59 Å². The number of benzene rings is 2. The van der Waals surface area contributed by atoms with Crippen molar-refractivity contribution in [3.8, 4) is 0 Å². The Kier molecular flexibility index (Phi) is 4.97. The molecule has 2 aliphatic rings. The molecule has 140 valence electrons. The highest BCUT2D eigenvalue weighted by molar-refractivity contribution is 5.89. The molecular weight excluding hydrogens is 336 g/mol. The Morgan fingerprint density at radius 3 is 2.48 bits per heavy atom. The smallest absolute Gasteiger partial charge is 0.225 e. The Labute approximate surface area is 160 Å². The summed E-state index contributed by atoms with van der Waals surface area (Å²) >= 11 is 0. The summed E-state index contributed by atoms with van der Waals surface area (Å²) in [6, 6.07) is 18.5. The molecule has 1 saturated carbocycles. The van der Waals surface area contributed by atoms with Crippen LogP contribution in [-0.4, -0.2) is 23.3 Å². The van der Waals surface area contributed by atoms with Gasteiger partial charge in [-0.2, -0.15) is 0 Å². The molecule has 2 aromatic carbocycles. The van der Waals surface area contributed by atoms with Gasteiger partial charge in [0.25, 0.3) is 0 Å². The summed E-state index contributed by atoms with van der Waals surface area (Å²) in [7, 11) is 0. The van der Waals surface area contributed by atoms with Gasteiger partial charge in [0.15, 0.2) is 0 Å². The fourth-order valence-electron chi connectivity index (χ4n) is 3.85. The van der Waals surface area contributed by atoms with E-state index in [4.69, 9.17) is 0 Å². The molecule has 2 unspecified atom stereocenters. The number of carbonyl (C=O) groups is 2. The third kappa shape index (κ3) is 4.21. The van der Waals surface area contributed by atoms with Gasteiger partial charge < -0.3 is 10.2 Å². The second-order valence-electron chi connectivity index (χ2n) is 7.90. The molecule has 2 atom stereocenters. The summed E-state index contributed by atoms with van der Waals surface area (Å²) in [6.07, 6.45) is 2.62. The first kappa shape index (κ1) is 17.8. The molecule has 0 aromatic heterocycles. The SMILES string of the molecule is Cc1ccc(CN2CC(C(=O)NC(c3ccccc3)C3CC3)CC2=O)cc1. The number of nitrogens with one attached hydrogen (secondary N) is 1. The Morgan fingerprint density at radius 1 is 1.11 bits per heavy atom. The minimum absolute atomic E-state index is 0.00973. The van der Waals surface area contributed by atoms with E-state index in [1.165, 1.54) is 5.56 Å². The second-order valence-corrected chi connectivity index (χ2v) is 7.90. The van der Waals surface area contributed by atoms with Gasteiger partial charge in [0.2, 0.25) is 11.8 Å². The fraction of sp³-hybridized carbons (Fsp3) is 0.391. The molecular formula is C23H26N2O2. The van der Waals surface area contributed by atoms with Crippen molar-refractivity contribution in [1.82, 2.24) is 10.2 Å². The monoisotopic (exact) mass is 362 g/mol. The molecule has 2 fully saturated rings. The highest BCUT2D eigenvalue weighted by Crippen LogP contribution is 2.41. The third-order valence-electron chi connectivity index (χ3n) is 5.63. The molecule has 1 aliphatic carbocycles. The normalized spacial score (nSPS) is 20.6. The lowest BCUT2D eigenvalue weighted by Crippen LogP contribution is -2.36. The number of likely N-dealkylation sites (tertiary alicyclic amines) is 1. The first-order chi connectivity index (χ1) is 13.1. The van der Waals surface area contributed by atoms with Crippen molar-refractivity contribution in [3.05, 3.63) is 71.3 Å². The molecule has 4 rings (SSSR count). The summed E-state index contributed by atoms with van der Waals surface area (Å²) < 4.78 is 0. The van der Waals surface area contributed by atoms with E-state index in [1.54, 1.807) is 0 Å². The van der Waals surface area contributed by atoms with E-state index in [2.05, 4.69) is 41.7 Å². The van der Waals surface area contributed by atoms with Gasteiger partial charge in [-0.25, -0.2) is 0 Å². The summed E-state index contributed by atoms with van der Waals surface area (Å²) in [5.74, 6) is 0.346. The van der Waals surface area contributed by atoms with E-state index >= 15 is 0 Å². The maximum atomic E-state index is 12.9. The largest absolute Gasteiger partial charge is 0.349 e. The van der Waals surface area contributed by atoms with E-state index in [0.717, 1.165) is 24.0 Å². The van der Waals surface area contributed by atoms with Crippen LogP contribution in [0.4, 0.5) is 0 Å². The van der Waals surface area contributed by atoms with Crippen LogP contribution in [0.5, 0.6) is 0 Å². The van der Waals surface area contributed by atoms with Crippen molar-refractivity contribution in [2.45, 2.75) is 38.8 Å². The standard InChI is InChI=1S/C23H26N2O2/c1-16-7-9-17(10-8-16)14-25-15-20(13-21(25)26)23(27)24-22(19-11-12-19)18-5-3-2-4-6-18/h2-10,19-20,22H,11-15H2,1H3,(H,24,27). The molecule has 2 aromatic rings. The molecule has 0 spiro atoms. The Morgan fingerprint density at radius 2 is 1.81 bits per heavy atom. The summed E-state index contributed by atoms with van der Waals surface area (Å²) in [5, 5.41) is 3.23. The van der Waals surface area contributed by atoms with E-state index in [-0.39, 0.29) is 23.8 Å². The topological polar surface area (TPSA) is 49.4 Å². The van der Waals surface area contributed by atoms with Gasteiger partial charge in [-0.3, -0.25) is 9.59 Å². The quantitative estimate of drug-likeness (QED) is 0.853. The minimum atomic E-state index is -0.257. The van der Waals surface area contributed by atoms with Crippen LogP contribution < -0.4 is 5.32 Å². The molecule has 1 saturated heterocycles. The summed E-state index contributed by atoms with van der Waals surface area (Å²) in [5.41, 5.74) is 3.47. The minimum Gasteiger partial charge on any atom is -0.349 e. The zero-order valence-corrected chi connectivity index (χ0v) is 15.7. The molecule has 4 nitrogen and oxygen atoms in total. The first-order valence-electron chi connectivity index (χ1n) is 9.79. The predicted molar refractivity (Wildman–Crippen MR) is 105 cm³/mol. The van der Waals surface area contributed by atoms with Gasteiger partial charge >= 0.3 is 0 Å². The average Bonchev–Trinajstić information content (AvgIpc) is 3.46. The molecule has 1 aliphatic heterocycles. The van der Waals surface area contributed by atoms with E-state index in [0.29, 0.717) is 25.4 Å². The van der Waals surface area contributed by atoms with Crippen molar-refractivity contribution >= 4 is 11.8 Å². The maximum Gasteiger partial charge on any atom is 0.225 e. The molecule has 1 heterocycles. The van der Waals surface area contributed by atoms with Gasteiger partial charge in [0.1, 0.15) is 0 Å². The van der Waals surface area contributed by atoms with Crippen molar-refractivity contribution in [1.29, 1.82) is 0 Å². The zero-order valence-electron chi connectivity index (χ0n) is 15.7. The number of hydrogen-bond donors (Lipinski definition) is 1. The lowest BCUT2D eigenvalue weighted by atomic mass is 10.0. The van der Waals surface area contributed by atoms with Gasteiger partial charge in [-0.15, -0.1) is 0 Å². The number of carbonyl (C=O) groups excluding carboxylic acids is 2. The van der Waals surface area contributed by atoms with Crippen LogP contribution in [0.3, 0.4) is 0 Å². The number of hydrogen-bond acceptors (Lipinski definition) is 2. The molecule has 4 heteroatoms. The zero-order chi connectivity index (χ0) is 18.8. The third-order valence-corrected chi connectivity index (χ3v) is 5.63. The highest BCUT2D eigenvalue weighted by Gasteiger charge is 2.38. The van der Waals surface area contributed by atoms with Crippen LogP contribution in [-0.2, 0) is 16.1 Å². The number of nitrogens with zero attached hydrogens (tertiary/aromatic N) is 1. The molecule has 0 radical (unpaired) electrons. The highest BCUT2D eigenvalue weighted by atomic mass is 16.2. The Balaban J connectivity index is 1.39. The number of rotatable bonds is 6. The van der Waals surface area contributed by atoms with Crippen LogP contribution in [0, 0.1) is 18.8 Å².